The number of nitrogens with zero attached hydrogens (tertiary/aromatic N) is 2. The molecule has 0 aliphatic carbocycles. The van der Waals surface area contributed by atoms with Gasteiger partial charge in [0.25, 0.3) is 5.91 Å². The molecule has 1 atom stereocenters. The molecule has 0 aliphatic rings. The largest absolute Gasteiger partial charge is 0.469 e. The zero-order valence-corrected chi connectivity index (χ0v) is 15.6. The quantitative estimate of drug-likeness (QED) is 0.651. The molecule has 142 valence electrons. The fourth-order valence-corrected chi connectivity index (χ4v) is 3.20. The lowest BCUT2D eigenvalue weighted by Crippen LogP contribution is -2.27. The van der Waals surface area contributed by atoms with Gasteiger partial charge in [-0.2, -0.15) is 5.10 Å². The van der Waals surface area contributed by atoms with Crippen molar-refractivity contribution in [2.75, 3.05) is 6.54 Å². The number of benzene rings is 1. The summed E-state index contributed by atoms with van der Waals surface area (Å²) >= 11 is 0. The number of aryl methyl sites for hydroxylation is 2. The second-order valence-corrected chi connectivity index (χ2v) is 6.56. The van der Waals surface area contributed by atoms with Gasteiger partial charge in [-0.3, -0.25) is 9.48 Å². The Bertz CT molecular complexity index is 869. The molecule has 6 heteroatoms. The smallest absolute Gasteiger partial charge is 0.269 e. The summed E-state index contributed by atoms with van der Waals surface area (Å²) in [5.74, 6) is 0.318. The van der Waals surface area contributed by atoms with Crippen LogP contribution < -0.4 is 5.32 Å². The number of carbonyl (C=O) groups excluding carboxylic acids is 1. The van der Waals surface area contributed by atoms with Gasteiger partial charge in [-0.15, -0.1) is 0 Å². The Kier molecular flexibility index (Phi) is 6.06. The van der Waals surface area contributed by atoms with E-state index in [-0.39, 0.29) is 17.6 Å². The first kappa shape index (κ1) is 18.9. The minimum Gasteiger partial charge on any atom is -0.469 e. The molecule has 3 aromatic rings. The summed E-state index contributed by atoms with van der Waals surface area (Å²) in [4.78, 5) is 12.5. The van der Waals surface area contributed by atoms with Crippen molar-refractivity contribution in [1.29, 1.82) is 0 Å². The number of nitrogens with one attached hydrogen (secondary N) is 1. The highest BCUT2D eigenvalue weighted by Gasteiger charge is 2.18. The van der Waals surface area contributed by atoms with Crippen molar-refractivity contribution in [3.8, 4) is 0 Å². The van der Waals surface area contributed by atoms with Crippen LogP contribution in [0.5, 0.6) is 0 Å². The van der Waals surface area contributed by atoms with Crippen LogP contribution in [-0.2, 0) is 13.5 Å². The second-order valence-electron chi connectivity index (χ2n) is 6.56. The summed E-state index contributed by atoms with van der Waals surface area (Å²) in [5.41, 5.74) is 2.42. The molecule has 5 nitrogen and oxygen atoms in total. The fraction of sp³-hybridized carbons (Fsp3) is 0.333. The number of rotatable bonds is 8. The number of amides is 1. The summed E-state index contributed by atoms with van der Waals surface area (Å²) < 4.78 is 20.4. The van der Waals surface area contributed by atoms with Gasteiger partial charge in [-0.05, 0) is 48.7 Å². The van der Waals surface area contributed by atoms with Gasteiger partial charge in [0, 0.05) is 19.5 Å². The summed E-state index contributed by atoms with van der Waals surface area (Å²) in [6.45, 7) is 2.55. The first-order valence-corrected chi connectivity index (χ1v) is 9.18. The summed E-state index contributed by atoms with van der Waals surface area (Å²) in [6.07, 6.45) is 4.10. The van der Waals surface area contributed by atoms with Gasteiger partial charge in [0.2, 0.25) is 0 Å². The highest BCUT2D eigenvalue weighted by atomic mass is 19.1. The van der Waals surface area contributed by atoms with Gasteiger partial charge >= 0.3 is 0 Å². The molecule has 0 saturated heterocycles. The molecule has 0 spiro atoms. The van der Waals surface area contributed by atoms with E-state index in [9.17, 15) is 9.18 Å². The van der Waals surface area contributed by atoms with E-state index in [1.807, 2.05) is 18.2 Å². The Morgan fingerprint density at radius 2 is 2.07 bits per heavy atom. The van der Waals surface area contributed by atoms with Crippen LogP contribution in [0.3, 0.4) is 0 Å². The third-order valence-electron chi connectivity index (χ3n) is 4.55. The molecule has 0 fully saturated rings. The van der Waals surface area contributed by atoms with Gasteiger partial charge < -0.3 is 9.73 Å². The number of hydrogen-bond acceptors (Lipinski definition) is 3. The van der Waals surface area contributed by atoms with E-state index in [0.29, 0.717) is 18.7 Å². The predicted octanol–water partition coefficient (Wildman–Crippen LogP) is 4.06. The first-order chi connectivity index (χ1) is 13.1. The zero-order chi connectivity index (χ0) is 19.2. The van der Waals surface area contributed by atoms with Crippen LogP contribution in [0.1, 0.15) is 53.2 Å². The maximum absolute atomic E-state index is 13.2. The van der Waals surface area contributed by atoms with Crippen molar-refractivity contribution >= 4 is 5.91 Å². The van der Waals surface area contributed by atoms with Crippen LogP contribution in [-0.4, -0.2) is 22.2 Å². The molecular formula is C21H24FN3O2. The zero-order valence-electron chi connectivity index (χ0n) is 15.6. The molecule has 3 rings (SSSR count). The molecule has 27 heavy (non-hydrogen) atoms. The normalized spacial score (nSPS) is 12.1. The van der Waals surface area contributed by atoms with E-state index in [1.54, 1.807) is 30.1 Å². The van der Waals surface area contributed by atoms with E-state index in [1.165, 1.54) is 12.1 Å². The van der Waals surface area contributed by atoms with Crippen LogP contribution in [0.2, 0.25) is 0 Å². The third kappa shape index (κ3) is 4.64. The molecule has 0 bridgehead atoms. The average Bonchev–Trinajstić information content (AvgIpc) is 3.30. The Balaban J connectivity index is 1.65. The van der Waals surface area contributed by atoms with Crippen molar-refractivity contribution in [3.05, 3.63) is 77.3 Å². The minimum atomic E-state index is -0.274. The highest BCUT2D eigenvalue weighted by molar-refractivity contribution is 5.92. The second kappa shape index (κ2) is 8.66. The van der Waals surface area contributed by atoms with E-state index in [0.717, 1.165) is 29.9 Å². The summed E-state index contributed by atoms with van der Waals surface area (Å²) in [7, 11) is 1.78. The predicted molar refractivity (Wildman–Crippen MR) is 101 cm³/mol. The molecule has 1 aromatic carbocycles. The van der Waals surface area contributed by atoms with Crippen LogP contribution in [0.25, 0.3) is 0 Å². The van der Waals surface area contributed by atoms with E-state index in [4.69, 9.17) is 4.42 Å². The van der Waals surface area contributed by atoms with E-state index in [2.05, 4.69) is 17.3 Å². The van der Waals surface area contributed by atoms with E-state index >= 15 is 0 Å². The lowest BCUT2D eigenvalue weighted by atomic mass is 9.93. The molecule has 0 unspecified atom stereocenters. The lowest BCUT2D eigenvalue weighted by molar-refractivity contribution is 0.0943. The lowest BCUT2D eigenvalue weighted by Gasteiger charge is -2.15. The molecule has 2 heterocycles. The van der Waals surface area contributed by atoms with Gasteiger partial charge in [-0.1, -0.05) is 25.5 Å². The molecule has 0 radical (unpaired) electrons. The summed E-state index contributed by atoms with van der Waals surface area (Å²) in [6, 6.07) is 11.9. The maximum Gasteiger partial charge on any atom is 0.269 e. The SMILES string of the molecule is CCCc1cc(C(=O)NCC[C@@H](c2ccc(F)cc2)c2ccco2)n(C)n1. The van der Waals surface area contributed by atoms with E-state index < -0.39 is 0 Å². The molecule has 0 saturated carbocycles. The van der Waals surface area contributed by atoms with Gasteiger partial charge in [0.1, 0.15) is 17.3 Å². The number of halogens is 1. The minimum absolute atomic E-state index is 0.0527. The Morgan fingerprint density at radius 1 is 1.30 bits per heavy atom. The van der Waals surface area contributed by atoms with Gasteiger partial charge in [0.15, 0.2) is 0 Å². The van der Waals surface area contributed by atoms with Crippen LogP contribution in [0.15, 0.2) is 53.1 Å². The Morgan fingerprint density at radius 3 is 2.74 bits per heavy atom. The van der Waals surface area contributed by atoms with Gasteiger partial charge in [-0.25, -0.2) is 4.39 Å². The van der Waals surface area contributed by atoms with Gasteiger partial charge in [0.05, 0.1) is 12.0 Å². The van der Waals surface area contributed by atoms with Crippen molar-refractivity contribution in [1.82, 2.24) is 15.1 Å². The number of aromatic nitrogens is 2. The number of hydrogen-bond donors (Lipinski definition) is 1. The summed E-state index contributed by atoms with van der Waals surface area (Å²) in [5, 5.41) is 7.32. The Hall–Kier alpha value is -2.89. The number of carbonyl (C=O) groups is 1. The third-order valence-corrected chi connectivity index (χ3v) is 4.55. The van der Waals surface area contributed by atoms with Crippen molar-refractivity contribution in [3.63, 3.8) is 0 Å². The number of furan rings is 1. The van der Waals surface area contributed by atoms with Crippen LogP contribution >= 0.6 is 0 Å². The monoisotopic (exact) mass is 369 g/mol. The molecule has 0 aliphatic heterocycles. The molecular weight excluding hydrogens is 345 g/mol. The van der Waals surface area contributed by atoms with Crippen LogP contribution in [0.4, 0.5) is 4.39 Å². The fourth-order valence-electron chi connectivity index (χ4n) is 3.20. The van der Waals surface area contributed by atoms with Crippen molar-refractivity contribution in [2.45, 2.75) is 32.1 Å². The topological polar surface area (TPSA) is 60.1 Å². The highest BCUT2D eigenvalue weighted by Crippen LogP contribution is 2.28. The first-order valence-electron chi connectivity index (χ1n) is 9.18. The van der Waals surface area contributed by atoms with Crippen molar-refractivity contribution in [2.24, 2.45) is 7.05 Å². The molecule has 1 N–H and O–H groups in total. The van der Waals surface area contributed by atoms with Crippen molar-refractivity contribution < 1.29 is 13.6 Å². The maximum atomic E-state index is 13.2. The van der Waals surface area contributed by atoms with Crippen LogP contribution in [0, 0.1) is 5.82 Å². The Labute approximate surface area is 158 Å². The average molecular weight is 369 g/mol. The molecule has 2 aromatic heterocycles. The molecule has 1 amide bonds. The standard InChI is InChI=1S/C21H24FN3O2/c1-3-5-17-14-19(25(2)24-17)21(26)23-12-11-18(20-6-4-13-27-20)15-7-9-16(22)10-8-15/h4,6-10,13-14,18H,3,5,11-12H2,1-2H3,(H,23,26)/t18-/m0/s1.